The number of carbonyl (C=O) groups excluding carboxylic acids is 1. The molecule has 4 rings (SSSR count). The van der Waals surface area contributed by atoms with Crippen molar-refractivity contribution >= 4 is 5.91 Å². The van der Waals surface area contributed by atoms with E-state index >= 15 is 0 Å². The first-order chi connectivity index (χ1) is 14.1. The lowest BCUT2D eigenvalue weighted by molar-refractivity contribution is -0.0586. The molecule has 6 nitrogen and oxygen atoms in total. The SMILES string of the molecule is C[C@@H]1CN(C(=O)c2ccc(-n3cccn3)c(C#Cc3ccccn3)c2)C[C@H](C)O1. The van der Waals surface area contributed by atoms with Crippen molar-refractivity contribution in [2.75, 3.05) is 13.1 Å². The number of aromatic nitrogens is 3. The van der Waals surface area contributed by atoms with E-state index in [2.05, 4.69) is 21.9 Å². The van der Waals surface area contributed by atoms with Gasteiger partial charge < -0.3 is 9.64 Å². The van der Waals surface area contributed by atoms with Crippen LogP contribution in [0.2, 0.25) is 0 Å². The number of benzene rings is 1. The maximum absolute atomic E-state index is 13.1. The first-order valence-electron chi connectivity index (χ1n) is 9.62. The topological polar surface area (TPSA) is 60.2 Å². The molecule has 0 aliphatic carbocycles. The minimum Gasteiger partial charge on any atom is -0.372 e. The quantitative estimate of drug-likeness (QED) is 0.636. The van der Waals surface area contributed by atoms with E-state index in [0.29, 0.717) is 24.3 Å². The molecule has 3 heterocycles. The molecule has 1 amide bonds. The van der Waals surface area contributed by atoms with E-state index in [1.165, 1.54) is 0 Å². The highest BCUT2D eigenvalue weighted by Crippen LogP contribution is 2.19. The zero-order valence-corrected chi connectivity index (χ0v) is 16.4. The van der Waals surface area contributed by atoms with Gasteiger partial charge in [-0.3, -0.25) is 4.79 Å². The summed E-state index contributed by atoms with van der Waals surface area (Å²) in [4.78, 5) is 19.2. The van der Waals surface area contributed by atoms with E-state index < -0.39 is 0 Å². The lowest BCUT2D eigenvalue weighted by atomic mass is 10.1. The van der Waals surface area contributed by atoms with Gasteiger partial charge in [-0.25, -0.2) is 9.67 Å². The molecule has 1 aliphatic rings. The maximum Gasteiger partial charge on any atom is 0.254 e. The zero-order chi connectivity index (χ0) is 20.2. The van der Waals surface area contributed by atoms with Gasteiger partial charge in [0.1, 0.15) is 5.69 Å². The van der Waals surface area contributed by atoms with Crippen molar-refractivity contribution < 1.29 is 9.53 Å². The van der Waals surface area contributed by atoms with Gasteiger partial charge in [0.05, 0.1) is 23.5 Å². The summed E-state index contributed by atoms with van der Waals surface area (Å²) in [5.41, 5.74) is 2.82. The lowest BCUT2D eigenvalue weighted by Gasteiger charge is -2.35. The van der Waals surface area contributed by atoms with E-state index in [1.807, 2.05) is 67.4 Å². The molecule has 0 unspecified atom stereocenters. The smallest absolute Gasteiger partial charge is 0.254 e. The van der Waals surface area contributed by atoms with Crippen molar-refractivity contribution in [3.8, 4) is 17.5 Å². The first kappa shape index (κ1) is 18.9. The Bertz CT molecular complexity index is 1040. The number of carbonyl (C=O) groups is 1. The molecule has 0 spiro atoms. The van der Waals surface area contributed by atoms with Crippen molar-refractivity contribution in [2.24, 2.45) is 0 Å². The Morgan fingerprint density at radius 3 is 2.59 bits per heavy atom. The summed E-state index contributed by atoms with van der Waals surface area (Å²) in [6, 6.07) is 13.0. The Morgan fingerprint density at radius 2 is 1.90 bits per heavy atom. The first-order valence-corrected chi connectivity index (χ1v) is 9.62. The van der Waals surface area contributed by atoms with Crippen LogP contribution in [0.25, 0.3) is 5.69 Å². The molecule has 146 valence electrons. The maximum atomic E-state index is 13.1. The Morgan fingerprint density at radius 1 is 1.07 bits per heavy atom. The van der Waals surface area contributed by atoms with E-state index in [4.69, 9.17) is 4.74 Å². The van der Waals surface area contributed by atoms with Crippen LogP contribution in [0.4, 0.5) is 0 Å². The molecule has 1 saturated heterocycles. The van der Waals surface area contributed by atoms with Crippen molar-refractivity contribution in [3.05, 3.63) is 77.9 Å². The van der Waals surface area contributed by atoms with Gasteiger partial charge in [0.2, 0.25) is 0 Å². The van der Waals surface area contributed by atoms with Crippen LogP contribution in [0.3, 0.4) is 0 Å². The summed E-state index contributed by atoms with van der Waals surface area (Å²) in [6.07, 6.45) is 5.32. The molecular formula is C23H22N4O2. The fraction of sp³-hybridized carbons (Fsp3) is 0.261. The van der Waals surface area contributed by atoms with Crippen LogP contribution >= 0.6 is 0 Å². The third-order valence-electron chi connectivity index (χ3n) is 4.69. The zero-order valence-electron chi connectivity index (χ0n) is 16.4. The molecule has 1 fully saturated rings. The molecule has 0 saturated carbocycles. The van der Waals surface area contributed by atoms with Crippen LogP contribution in [0.5, 0.6) is 0 Å². The number of pyridine rings is 1. The number of morpholine rings is 1. The van der Waals surface area contributed by atoms with Crippen LogP contribution in [-0.2, 0) is 4.74 Å². The van der Waals surface area contributed by atoms with Crippen LogP contribution in [0.1, 0.15) is 35.5 Å². The highest BCUT2D eigenvalue weighted by atomic mass is 16.5. The molecule has 0 radical (unpaired) electrons. The molecular weight excluding hydrogens is 364 g/mol. The predicted molar refractivity (Wildman–Crippen MR) is 110 cm³/mol. The van der Waals surface area contributed by atoms with Crippen LogP contribution < -0.4 is 0 Å². The minimum atomic E-state index is -0.0140. The van der Waals surface area contributed by atoms with Gasteiger partial charge in [-0.05, 0) is 56.2 Å². The Hall–Kier alpha value is -3.43. The number of hydrogen-bond acceptors (Lipinski definition) is 4. The molecule has 1 aromatic carbocycles. The van der Waals surface area contributed by atoms with Gasteiger partial charge in [0, 0.05) is 37.2 Å². The van der Waals surface area contributed by atoms with E-state index in [0.717, 1.165) is 11.3 Å². The number of hydrogen-bond donors (Lipinski definition) is 0. The average molecular weight is 386 g/mol. The highest BCUT2D eigenvalue weighted by molar-refractivity contribution is 5.95. The van der Waals surface area contributed by atoms with Gasteiger partial charge >= 0.3 is 0 Å². The normalized spacial score (nSPS) is 18.8. The van der Waals surface area contributed by atoms with Gasteiger partial charge in [0.15, 0.2) is 0 Å². The monoisotopic (exact) mass is 386 g/mol. The summed E-state index contributed by atoms with van der Waals surface area (Å²) in [5.74, 6) is 6.23. The van der Waals surface area contributed by atoms with Crippen molar-refractivity contribution in [3.63, 3.8) is 0 Å². The summed E-state index contributed by atoms with van der Waals surface area (Å²) in [5, 5.41) is 4.31. The fourth-order valence-corrected chi connectivity index (χ4v) is 3.47. The van der Waals surface area contributed by atoms with E-state index in [9.17, 15) is 4.79 Å². The largest absolute Gasteiger partial charge is 0.372 e. The number of nitrogens with zero attached hydrogens (tertiary/aromatic N) is 4. The second kappa shape index (κ2) is 8.29. The average Bonchev–Trinajstić information content (AvgIpc) is 3.26. The van der Waals surface area contributed by atoms with Crippen LogP contribution in [0.15, 0.2) is 61.1 Å². The lowest BCUT2D eigenvalue weighted by Crippen LogP contribution is -2.48. The second-order valence-electron chi connectivity index (χ2n) is 7.11. The fourth-order valence-electron chi connectivity index (χ4n) is 3.47. The number of amides is 1. The minimum absolute atomic E-state index is 0.0140. The molecule has 1 aliphatic heterocycles. The molecule has 2 aromatic heterocycles. The van der Waals surface area contributed by atoms with Gasteiger partial charge in [0.25, 0.3) is 5.91 Å². The standard InChI is InChI=1S/C23H22N4O2/c1-17-15-26(16-18(2)29-17)23(28)20-8-10-22(27-13-5-12-25-27)19(14-20)7-9-21-6-3-4-11-24-21/h3-6,8,10-14,17-18H,15-16H2,1-2H3/t17-,18+. The molecule has 29 heavy (non-hydrogen) atoms. The molecule has 3 aromatic rings. The van der Waals surface area contributed by atoms with Gasteiger partial charge in [-0.15, -0.1) is 0 Å². The van der Waals surface area contributed by atoms with Crippen LogP contribution in [0, 0.1) is 11.8 Å². The Kier molecular flexibility index (Phi) is 5.41. The van der Waals surface area contributed by atoms with Gasteiger partial charge in [-0.2, -0.15) is 5.10 Å². The summed E-state index contributed by atoms with van der Waals surface area (Å²) in [6.45, 7) is 5.14. The molecule has 0 bridgehead atoms. The van der Waals surface area contributed by atoms with Gasteiger partial charge in [-0.1, -0.05) is 12.0 Å². The number of ether oxygens (including phenoxy) is 1. The summed E-state index contributed by atoms with van der Waals surface area (Å²) < 4.78 is 7.49. The highest BCUT2D eigenvalue weighted by Gasteiger charge is 2.27. The number of rotatable bonds is 2. The Balaban J connectivity index is 1.70. The Labute approximate surface area is 170 Å². The predicted octanol–water partition coefficient (Wildman–Crippen LogP) is 2.92. The van der Waals surface area contributed by atoms with Crippen molar-refractivity contribution in [1.29, 1.82) is 0 Å². The third-order valence-corrected chi connectivity index (χ3v) is 4.69. The second-order valence-corrected chi connectivity index (χ2v) is 7.11. The molecule has 6 heteroatoms. The van der Waals surface area contributed by atoms with E-state index in [-0.39, 0.29) is 18.1 Å². The van der Waals surface area contributed by atoms with E-state index in [1.54, 1.807) is 17.1 Å². The molecule has 2 atom stereocenters. The summed E-state index contributed by atoms with van der Waals surface area (Å²) in [7, 11) is 0. The van der Waals surface area contributed by atoms with Crippen molar-refractivity contribution in [2.45, 2.75) is 26.1 Å². The van der Waals surface area contributed by atoms with Crippen molar-refractivity contribution in [1.82, 2.24) is 19.7 Å². The molecule has 0 N–H and O–H groups in total. The summed E-state index contributed by atoms with van der Waals surface area (Å²) >= 11 is 0. The third kappa shape index (κ3) is 4.36. The van der Waals surface area contributed by atoms with Crippen LogP contribution in [-0.4, -0.2) is 50.9 Å².